The Morgan fingerprint density at radius 1 is 1.12 bits per heavy atom. The van der Waals surface area contributed by atoms with E-state index in [4.69, 9.17) is 4.74 Å². The second kappa shape index (κ2) is 7.25. The number of hydrogen-bond donors (Lipinski definition) is 1. The highest BCUT2D eigenvalue weighted by Gasteiger charge is 2.13. The van der Waals surface area contributed by atoms with Gasteiger partial charge in [-0.05, 0) is 64.8 Å². The molecule has 24 heavy (non-hydrogen) atoms. The van der Waals surface area contributed by atoms with Gasteiger partial charge in [-0.1, -0.05) is 28.1 Å². The van der Waals surface area contributed by atoms with Crippen LogP contribution < -0.4 is 4.74 Å². The summed E-state index contributed by atoms with van der Waals surface area (Å²) in [5.74, 6) is 0.749. The second-order valence-corrected chi connectivity index (χ2v) is 7.49. The predicted molar refractivity (Wildman–Crippen MR) is 103 cm³/mol. The molecule has 0 amide bonds. The monoisotopic (exact) mass is 452 g/mol. The maximum absolute atomic E-state index is 10.2. The summed E-state index contributed by atoms with van der Waals surface area (Å²) in [6.07, 6.45) is -0.629. The number of aliphatic hydroxyl groups excluding tert-OH is 1. The molecule has 0 saturated carbocycles. The number of halogens is 2. The van der Waals surface area contributed by atoms with Gasteiger partial charge in [0.1, 0.15) is 18.5 Å². The Bertz CT molecular complexity index is 877. The van der Waals surface area contributed by atoms with Crippen LogP contribution in [0.15, 0.2) is 45.3 Å². The van der Waals surface area contributed by atoms with Gasteiger partial charge in [0.05, 0.1) is 16.7 Å². The van der Waals surface area contributed by atoms with E-state index in [1.54, 1.807) is 4.68 Å². The summed E-state index contributed by atoms with van der Waals surface area (Å²) in [6.45, 7) is 4.53. The number of aryl methyl sites for hydroxylation is 1. The molecule has 1 atom stereocenters. The Morgan fingerprint density at radius 2 is 1.83 bits per heavy atom. The first-order valence-electron chi connectivity index (χ1n) is 7.63. The van der Waals surface area contributed by atoms with E-state index in [2.05, 4.69) is 43.0 Å². The van der Waals surface area contributed by atoms with E-state index >= 15 is 0 Å². The van der Waals surface area contributed by atoms with Gasteiger partial charge in [-0.15, -0.1) is 0 Å². The van der Waals surface area contributed by atoms with E-state index in [1.807, 2.05) is 44.2 Å². The van der Waals surface area contributed by atoms with Crippen LogP contribution in [0.1, 0.15) is 11.4 Å². The number of hydrogen-bond acceptors (Lipinski definition) is 3. The first-order valence-corrected chi connectivity index (χ1v) is 9.22. The van der Waals surface area contributed by atoms with Crippen molar-refractivity contribution in [3.63, 3.8) is 0 Å². The smallest absolute Gasteiger partial charge is 0.120 e. The number of aliphatic hydroxyl groups is 1. The van der Waals surface area contributed by atoms with Gasteiger partial charge in [0.2, 0.25) is 0 Å². The second-order valence-electron chi connectivity index (χ2n) is 5.79. The molecule has 6 heteroatoms. The molecule has 1 heterocycles. The van der Waals surface area contributed by atoms with Crippen molar-refractivity contribution in [1.29, 1.82) is 0 Å². The van der Waals surface area contributed by atoms with Crippen molar-refractivity contribution in [1.82, 2.24) is 9.78 Å². The fourth-order valence-corrected chi connectivity index (χ4v) is 3.24. The third kappa shape index (κ3) is 3.82. The van der Waals surface area contributed by atoms with Crippen molar-refractivity contribution < 1.29 is 9.84 Å². The van der Waals surface area contributed by atoms with Gasteiger partial charge in [-0.2, -0.15) is 5.10 Å². The summed E-state index contributed by atoms with van der Waals surface area (Å²) in [7, 11) is 0. The molecule has 0 unspecified atom stereocenters. The van der Waals surface area contributed by atoms with E-state index in [0.29, 0.717) is 6.54 Å². The van der Waals surface area contributed by atoms with Crippen LogP contribution in [0.25, 0.3) is 10.8 Å². The van der Waals surface area contributed by atoms with Crippen LogP contribution in [0.4, 0.5) is 0 Å². The highest BCUT2D eigenvalue weighted by atomic mass is 79.9. The third-order valence-corrected chi connectivity index (χ3v) is 5.53. The van der Waals surface area contributed by atoms with Gasteiger partial charge in [0, 0.05) is 10.2 Å². The summed E-state index contributed by atoms with van der Waals surface area (Å²) in [5, 5.41) is 16.9. The largest absolute Gasteiger partial charge is 0.491 e. The molecule has 0 aliphatic carbocycles. The van der Waals surface area contributed by atoms with Crippen LogP contribution in [0.3, 0.4) is 0 Å². The lowest BCUT2D eigenvalue weighted by atomic mass is 10.1. The zero-order valence-electron chi connectivity index (χ0n) is 13.5. The van der Waals surface area contributed by atoms with Crippen LogP contribution in [-0.2, 0) is 6.54 Å². The molecule has 1 aromatic heterocycles. The summed E-state index contributed by atoms with van der Waals surface area (Å²) < 4.78 is 9.57. The van der Waals surface area contributed by atoms with Gasteiger partial charge in [-0.25, -0.2) is 0 Å². The highest BCUT2D eigenvalue weighted by Crippen LogP contribution is 2.24. The molecule has 1 N–H and O–H groups in total. The fraction of sp³-hybridized carbons (Fsp3) is 0.278. The molecule has 126 valence electrons. The molecule has 4 nitrogen and oxygen atoms in total. The maximum Gasteiger partial charge on any atom is 0.120 e. The number of ether oxygens (including phenoxy) is 1. The molecule has 0 fully saturated rings. The van der Waals surface area contributed by atoms with Crippen molar-refractivity contribution in [2.75, 3.05) is 6.61 Å². The van der Waals surface area contributed by atoms with Crippen LogP contribution in [0, 0.1) is 13.8 Å². The number of aromatic nitrogens is 2. The van der Waals surface area contributed by atoms with E-state index in [9.17, 15) is 5.11 Å². The molecule has 0 aliphatic heterocycles. The number of benzene rings is 2. The molecule has 2 aromatic carbocycles. The average molecular weight is 454 g/mol. The standard InChI is InChI=1S/C18H18Br2N2O2/c1-11-18(20)12(2)22(21-11)9-16(23)10-24-17-6-4-13-7-15(19)5-3-14(13)8-17/h3-8,16,23H,9-10H2,1-2H3/t16-/m1/s1. The minimum atomic E-state index is -0.629. The van der Waals surface area contributed by atoms with E-state index in [1.165, 1.54) is 0 Å². The first-order chi connectivity index (χ1) is 11.4. The molecule has 3 aromatic rings. The summed E-state index contributed by atoms with van der Waals surface area (Å²) >= 11 is 6.96. The number of rotatable bonds is 5. The van der Waals surface area contributed by atoms with Crippen molar-refractivity contribution in [3.8, 4) is 5.75 Å². The Morgan fingerprint density at radius 3 is 2.54 bits per heavy atom. The quantitative estimate of drug-likeness (QED) is 0.613. The summed E-state index contributed by atoms with van der Waals surface area (Å²) in [4.78, 5) is 0. The summed E-state index contributed by atoms with van der Waals surface area (Å²) in [5.41, 5.74) is 1.92. The van der Waals surface area contributed by atoms with Gasteiger partial charge in [-0.3, -0.25) is 4.68 Å². The minimum Gasteiger partial charge on any atom is -0.491 e. The van der Waals surface area contributed by atoms with E-state index in [-0.39, 0.29) is 6.61 Å². The minimum absolute atomic E-state index is 0.220. The highest BCUT2D eigenvalue weighted by molar-refractivity contribution is 9.10. The molecular formula is C18H18Br2N2O2. The Labute approximate surface area is 157 Å². The Kier molecular flexibility index (Phi) is 5.27. The lowest BCUT2D eigenvalue weighted by Crippen LogP contribution is -2.24. The zero-order chi connectivity index (χ0) is 17.3. The molecular weight excluding hydrogens is 436 g/mol. The molecule has 0 spiro atoms. The lowest BCUT2D eigenvalue weighted by molar-refractivity contribution is 0.0887. The Hall–Kier alpha value is -1.37. The molecule has 3 rings (SSSR count). The molecule has 0 bridgehead atoms. The fourth-order valence-electron chi connectivity index (χ4n) is 2.58. The average Bonchev–Trinajstić information content (AvgIpc) is 2.80. The van der Waals surface area contributed by atoms with E-state index < -0.39 is 6.10 Å². The zero-order valence-corrected chi connectivity index (χ0v) is 16.6. The third-order valence-electron chi connectivity index (χ3n) is 3.89. The lowest BCUT2D eigenvalue weighted by Gasteiger charge is -2.14. The topological polar surface area (TPSA) is 47.3 Å². The van der Waals surface area contributed by atoms with Crippen molar-refractivity contribution >= 4 is 42.6 Å². The summed E-state index contributed by atoms with van der Waals surface area (Å²) in [6, 6.07) is 12.0. The van der Waals surface area contributed by atoms with Crippen LogP contribution in [0.5, 0.6) is 5.75 Å². The van der Waals surface area contributed by atoms with Gasteiger partial charge in [0.15, 0.2) is 0 Å². The number of nitrogens with zero attached hydrogens (tertiary/aromatic N) is 2. The molecule has 0 radical (unpaired) electrons. The van der Waals surface area contributed by atoms with Crippen LogP contribution >= 0.6 is 31.9 Å². The maximum atomic E-state index is 10.2. The van der Waals surface area contributed by atoms with Crippen LogP contribution in [-0.4, -0.2) is 27.6 Å². The van der Waals surface area contributed by atoms with Crippen LogP contribution in [0.2, 0.25) is 0 Å². The van der Waals surface area contributed by atoms with Crippen molar-refractivity contribution in [2.24, 2.45) is 0 Å². The van der Waals surface area contributed by atoms with Gasteiger partial charge >= 0.3 is 0 Å². The van der Waals surface area contributed by atoms with Crippen molar-refractivity contribution in [2.45, 2.75) is 26.5 Å². The normalized spacial score (nSPS) is 12.5. The van der Waals surface area contributed by atoms with E-state index in [0.717, 1.165) is 36.9 Å². The van der Waals surface area contributed by atoms with Crippen molar-refractivity contribution in [3.05, 3.63) is 56.7 Å². The number of fused-ring (bicyclic) bond motifs is 1. The molecule has 0 aliphatic rings. The predicted octanol–water partition coefficient (Wildman–Crippen LogP) is 4.62. The SMILES string of the molecule is Cc1nn(C[C@@H](O)COc2ccc3cc(Br)ccc3c2)c(C)c1Br. The van der Waals surface area contributed by atoms with Gasteiger partial charge < -0.3 is 9.84 Å². The Balaban J connectivity index is 1.64. The van der Waals surface area contributed by atoms with Gasteiger partial charge in [0.25, 0.3) is 0 Å². The first kappa shape index (κ1) is 17.5. The molecule has 0 saturated heterocycles.